The van der Waals surface area contributed by atoms with Crippen LogP contribution in [-0.4, -0.2) is 60.5 Å². The number of halogens is 1. The van der Waals surface area contributed by atoms with Crippen molar-refractivity contribution in [2.24, 2.45) is 0 Å². The second kappa shape index (κ2) is 7.22. The summed E-state index contributed by atoms with van der Waals surface area (Å²) in [6.45, 7) is 4.50. The number of likely N-dealkylation sites (tertiary alicyclic amines) is 1. The zero-order valence-corrected chi connectivity index (χ0v) is 14.5. The van der Waals surface area contributed by atoms with E-state index in [-0.39, 0.29) is 5.91 Å². The first kappa shape index (κ1) is 16.2. The molecule has 1 aromatic rings. The molecule has 0 aliphatic carbocycles. The highest BCUT2D eigenvalue weighted by Crippen LogP contribution is 2.23. The van der Waals surface area contributed by atoms with E-state index in [0.29, 0.717) is 17.4 Å². The molecule has 1 unspecified atom stereocenters. The summed E-state index contributed by atoms with van der Waals surface area (Å²) in [6, 6.07) is 2.30. The van der Waals surface area contributed by atoms with Gasteiger partial charge in [-0.05, 0) is 48.9 Å². The van der Waals surface area contributed by atoms with Crippen LogP contribution in [-0.2, 0) is 0 Å². The number of hydrogen-bond donors (Lipinski definition) is 1. The summed E-state index contributed by atoms with van der Waals surface area (Å²) < 4.78 is 0.830. The third kappa shape index (κ3) is 3.95. The van der Waals surface area contributed by atoms with Gasteiger partial charge in [0.25, 0.3) is 5.91 Å². The second-order valence-corrected chi connectivity index (χ2v) is 6.55. The van der Waals surface area contributed by atoms with Gasteiger partial charge < -0.3 is 15.1 Å². The summed E-state index contributed by atoms with van der Waals surface area (Å²) in [7, 11) is 4.13. The maximum absolute atomic E-state index is 12.8. The Kier molecular flexibility index (Phi) is 5.58. The molecule has 0 aromatic carbocycles. The van der Waals surface area contributed by atoms with Gasteiger partial charge in [0.1, 0.15) is 5.82 Å². The molecule has 1 saturated heterocycles. The molecule has 0 radical (unpaired) electrons. The van der Waals surface area contributed by atoms with Crippen LogP contribution >= 0.6 is 15.9 Å². The maximum Gasteiger partial charge on any atom is 0.257 e. The Morgan fingerprint density at radius 1 is 1.57 bits per heavy atom. The van der Waals surface area contributed by atoms with E-state index in [0.717, 1.165) is 36.9 Å². The molecule has 6 heteroatoms. The van der Waals surface area contributed by atoms with Crippen molar-refractivity contribution < 1.29 is 4.79 Å². The lowest BCUT2D eigenvalue weighted by molar-refractivity contribution is 0.0783. The van der Waals surface area contributed by atoms with Crippen molar-refractivity contribution in [3.63, 3.8) is 0 Å². The van der Waals surface area contributed by atoms with Gasteiger partial charge in [-0.1, -0.05) is 6.92 Å². The molecule has 2 heterocycles. The number of nitrogens with one attached hydrogen (secondary N) is 1. The van der Waals surface area contributed by atoms with Gasteiger partial charge in [-0.15, -0.1) is 0 Å². The van der Waals surface area contributed by atoms with Gasteiger partial charge in [0, 0.05) is 36.3 Å². The van der Waals surface area contributed by atoms with E-state index in [2.05, 4.69) is 52.1 Å². The molecule has 21 heavy (non-hydrogen) atoms. The molecule has 0 saturated carbocycles. The standard InChI is InChI=1S/C15H23BrN4O/c1-4-6-17-14-13(8-11(16)9-18-14)15(21)20-7-5-12(10-20)19(2)3/h8-9,12H,4-7,10H2,1-3H3,(H,17,18). The molecule has 1 atom stereocenters. The predicted octanol–water partition coefficient (Wildman–Crippen LogP) is 2.44. The number of hydrogen-bond acceptors (Lipinski definition) is 4. The molecule has 1 fully saturated rings. The minimum absolute atomic E-state index is 0.0618. The molecule has 1 aliphatic heterocycles. The number of anilines is 1. The first-order valence-electron chi connectivity index (χ1n) is 7.38. The number of likely N-dealkylation sites (N-methyl/N-ethyl adjacent to an activating group) is 1. The average Bonchev–Trinajstić information content (AvgIpc) is 2.95. The number of amides is 1. The Morgan fingerprint density at radius 3 is 2.95 bits per heavy atom. The lowest BCUT2D eigenvalue weighted by Gasteiger charge is -2.21. The van der Waals surface area contributed by atoms with Crippen LogP contribution in [0, 0.1) is 0 Å². The number of carbonyl (C=O) groups is 1. The fourth-order valence-electron chi connectivity index (χ4n) is 2.50. The summed E-state index contributed by atoms with van der Waals surface area (Å²) in [5, 5.41) is 3.24. The van der Waals surface area contributed by atoms with Crippen molar-refractivity contribution in [3.8, 4) is 0 Å². The van der Waals surface area contributed by atoms with Gasteiger partial charge in [-0.25, -0.2) is 4.98 Å². The van der Waals surface area contributed by atoms with Crippen LogP contribution in [0.3, 0.4) is 0 Å². The van der Waals surface area contributed by atoms with Crippen molar-refractivity contribution >= 4 is 27.7 Å². The molecule has 2 rings (SSSR count). The van der Waals surface area contributed by atoms with Gasteiger partial charge in [0.2, 0.25) is 0 Å². The molecule has 1 amide bonds. The highest BCUT2D eigenvalue weighted by Gasteiger charge is 2.29. The SMILES string of the molecule is CCCNc1ncc(Br)cc1C(=O)N1CCC(N(C)C)C1. The molecule has 5 nitrogen and oxygen atoms in total. The van der Waals surface area contributed by atoms with Crippen LogP contribution in [0.25, 0.3) is 0 Å². The Morgan fingerprint density at radius 2 is 2.33 bits per heavy atom. The Bertz CT molecular complexity index is 506. The molecule has 0 spiro atoms. The van der Waals surface area contributed by atoms with Gasteiger partial charge in [-0.2, -0.15) is 0 Å². The third-order valence-corrected chi connectivity index (χ3v) is 4.24. The van der Waals surface area contributed by atoms with Crippen LogP contribution in [0.4, 0.5) is 5.82 Å². The third-order valence-electron chi connectivity index (χ3n) is 3.81. The fraction of sp³-hybridized carbons (Fsp3) is 0.600. The van der Waals surface area contributed by atoms with E-state index in [4.69, 9.17) is 0 Å². The highest BCUT2D eigenvalue weighted by molar-refractivity contribution is 9.10. The summed E-state index contributed by atoms with van der Waals surface area (Å²) >= 11 is 3.41. The number of nitrogens with zero attached hydrogens (tertiary/aromatic N) is 3. The second-order valence-electron chi connectivity index (χ2n) is 5.63. The van der Waals surface area contributed by atoms with Crippen LogP contribution in [0.1, 0.15) is 30.1 Å². The first-order chi connectivity index (χ1) is 10.0. The van der Waals surface area contributed by atoms with E-state index < -0.39 is 0 Å². The van der Waals surface area contributed by atoms with Gasteiger partial charge >= 0.3 is 0 Å². The van der Waals surface area contributed by atoms with E-state index >= 15 is 0 Å². The van der Waals surface area contributed by atoms with Crippen LogP contribution in [0.5, 0.6) is 0 Å². The number of carbonyl (C=O) groups excluding carboxylic acids is 1. The molecular weight excluding hydrogens is 332 g/mol. The number of aromatic nitrogens is 1. The van der Waals surface area contributed by atoms with E-state index in [1.807, 2.05) is 11.0 Å². The Balaban J connectivity index is 2.16. The summed E-state index contributed by atoms with van der Waals surface area (Å²) in [5.74, 6) is 0.741. The summed E-state index contributed by atoms with van der Waals surface area (Å²) in [4.78, 5) is 21.2. The Hall–Kier alpha value is -1.14. The van der Waals surface area contributed by atoms with Crippen LogP contribution in [0.2, 0.25) is 0 Å². The zero-order chi connectivity index (χ0) is 15.4. The predicted molar refractivity (Wildman–Crippen MR) is 88.7 cm³/mol. The Labute approximate surface area is 134 Å². The molecule has 0 bridgehead atoms. The first-order valence-corrected chi connectivity index (χ1v) is 8.17. The summed E-state index contributed by atoms with van der Waals surface area (Å²) in [6.07, 6.45) is 3.75. The fourth-order valence-corrected chi connectivity index (χ4v) is 2.84. The van der Waals surface area contributed by atoms with Gasteiger partial charge in [0.15, 0.2) is 0 Å². The normalized spacial score (nSPS) is 18.3. The lowest BCUT2D eigenvalue weighted by Crippen LogP contribution is -2.34. The number of pyridine rings is 1. The largest absolute Gasteiger partial charge is 0.369 e. The van der Waals surface area contributed by atoms with E-state index in [1.165, 1.54) is 0 Å². The molecule has 1 aromatic heterocycles. The minimum Gasteiger partial charge on any atom is -0.369 e. The van der Waals surface area contributed by atoms with E-state index in [9.17, 15) is 4.79 Å². The maximum atomic E-state index is 12.8. The monoisotopic (exact) mass is 354 g/mol. The van der Waals surface area contributed by atoms with Gasteiger partial charge in [0.05, 0.1) is 5.56 Å². The quantitative estimate of drug-likeness (QED) is 0.882. The topological polar surface area (TPSA) is 48.5 Å². The number of rotatable bonds is 5. The van der Waals surface area contributed by atoms with E-state index in [1.54, 1.807) is 6.20 Å². The van der Waals surface area contributed by atoms with Crippen molar-refractivity contribution in [3.05, 3.63) is 22.3 Å². The summed E-state index contributed by atoms with van der Waals surface area (Å²) in [5.41, 5.74) is 0.650. The molecule has 1 aliphatic rings. The van der Waals surface area contributed by atoms with Crippen molar-refractivity contribution in [2.75, 3.05) is 39.0 Å². The molecule has 116 valence electrons. The van der Waals surface area contributed by atoms with Crippen molar-refractivity contribution in [1.29, 1.82) is 0 Å². The average molecular weight is 355 g/mol. The zero-order valence-electron chi connectivity index (χ0n) is 12.9. The highest BCUT2D eigenvalue weighted by atomic mass is 79.9. The van der Waals surface area contributed by atoms with Crippen molar-refractivity contribution in [2.45, 2.75) is 25.8 Å². The minimum atomic E-state index is 0.0618. The van der Waals surface area contributed by atoms with Crippen LogP contribution in [0.15, 0.2) is 16.7 Å². The van der Waals surface area contributed by atoms with Gasteiger partial charge in [-0.3, -0.25) is 4.79 Å². The van der Waals surface area contributed by atoms with Crippen LogP contribution < -0.4 is 5.32 Å². The molecule has 1 N–H and O–H groups in total. The lowest BCUT2D eigenvalue weighted by atomic mass is 10.2. The smallest absolute Gasteiger partial charge is 0.257 e. The van der Waals surface area contributed by atoms with Crippen molar-refractivity contribution in [1.82, 2.24) is 14.8 Å². The molecular formula is C15H23BrN4O.